The van der Waals surface area contributed by atoms with Crippen molar-refractivity contribution in [3.63, 3.8) is 0 Å². The fourth-order valence-electron chi connectivity index (χ4n) is 1.57. The smallest absolute Gasteiger partial charge is 0.237 e. The largest absolute Gasteiger partial charge is 0.355 e. The highest BCUT2D eigenvalue weighted by Gasteiger charge is 2.25. The molecule has 4 nitrogen and oxygen atoms in total. The molecule has 0 spiro atoms. The highest BCUT2D eigenvalue weighted by atomic mass is 32.1. The van der Waals surface area contributed by atoms with Crippen molar-refractivity contribution < 1.29 is 4.79 Å². The number of amides is 1. The Bertz CT molecular complexity index is 312. The van der Waals surface area contributed by atoms with E-state index in [-0.39, 0.29) is 18.0 Å². The van der Waals surface area contributed by atoms with Gasteiger partial charge in [0.25, 0.3) is 0 Å². The maximum atomic E-state index is 11.3. The van der Waals surface area contributed by atoms with E-state index in [0.29, 0.717) is 0 Å². The Morgan fingerprint density at radius 2 is 2.64 bits per heavy atom. The molecule has 0 saturated carbocycles. The van der Waals surface area contributed by atoms with Crippen LogP contribution in [0.3, 0.4) is 0 Å². The van der Waals surface area contributed by atoms with Crippen LogP contribution in [0.15, 0.2) is 11.6 Å². The normalized spacial score (nSPS) is 23.5. The molecular weight excluding hydrogens is 198 g/mol. The first kappa shape index (κ1) is 9.61. The molecule has 2 atom stereocenters. The second kappa shape index (κ2) is 4.06. The Kier molecular flexibility index (Phi) is 2.79. The molecule has 1 amide bonds. The molecule has 76 valence electrons. The summed E-state index contributed by atoms with van der Waals surface area (Å²) in [6.07, 6.45) is 2.65. The molecule has 1 aromatic heterocycles. The SMILES string of the molecule is CC(NC1CCNC1=O)c1nccs1. The van der Waals surface area contributed by atoms with E-state index in [1.807, 2.05) is 12.3 Å². The van der Waals surface area contributed by atoms with E-state index >= 15 is 0 Å². The van der Waals surface area contributed by atoms with Crippen molar-refractivity contribution in [1.82, 2.24) is 15.6 Å². The van der Waals surface area contributed by atoms with E-state index in [9.17, 15) is 4.79 Å². The van der Waals surface area contributed by atoms with Crippen LogP contribution in [0.25, 0.3) is 0 Å². The van der Waals surface area contributed by atoms with Crippen molar-refractivity contribution >= 4 is 17.2 Å². The lowest BCUT2D eigenvalue weighted by molar-refractivity contribution is -0.121. The van der Waals surface area contributed by atoms with Gasteiger partial charge in [0.05, 0.1) is 12.1 Å². The zero-order valence-corrected chi connectivity index (χ0v) is 8.80. The van der Waals surface area contributed by atoms with E-state index in [1.165, 1.54) is 0 Å². The highest BCUT2D eigenvalue weighted by Crippen LogP contribution is 2.16. The molecule has 0 bridgehead atoms. The molecule has 2 N–H and O–H groups in total. The van der Waals surface area contributed by atoms with Crippen LogP contribution in [-0.4, -0.2) is 23.5 Å². The number of hydrogen-bond acceptors (Lipinski definition) is 4. The van der Waals surface area contributed by atoms with Crippen molar-refractivity contribution in [2.75, 3.05) is 6.54 Å². The maximum absolute atomic E-state index is 11.3. The fraction of sp³-hybridized carbons (Fsp3) is 0.556. The predicted molar refractivity (Wildman–Crippen MR) is 55.1 cm³/mol. The summed E-state index contributed by atoms with van der Waals surface area (Å²) >= 11 is 1.61. The van der Waals surface area contributed by atoms with Gasteiger partial charge in [0.2, 0.25) is 5.91 Å². The number of carbonyl (C=O) groups is 1. The average molecular weight is 211 g/mol. The van der Waals surface area contributed by atoms with Gasteiger partial charge in [-0.05, 0) is 13.3 Å². The van der Waals surface area contributed by atoms with Crippen LogP contribution in [0.1, 0.15) is 24.4 Å². The molecule has 0 radical (unpaired) electrons. The number of carbonyl (C=O) groups excluding carboxylic acids is 1. The van der Waals surface area contributed by atoms with Crippen LogP contribution < -0.4 is 10.6 Å². The summed E-state index contributed by atoms with van der Waals surface area (Å²) in [7, 11) is 0. The van der Waals surface area contributed by atoms with Crippen molar-refractivity contribution in [1.29, 1.82) is 0 Å². The van der Waals surface area contributed by atoms with E-state index in [2.05, 4.69) is 15.6 Å². The number of rotatable bonds is 3. The second-order valence-electron chi connectivity index (χ2n) is 3.39. The van der Waals surface area contributed by atoms with Gasteiger partial charge in [0.15, 0.2) is 0 Å². The van der Waals surface area contributed by atoms with Gasteiger partial charge in [0, 0.05) is 18.1 Å². The minimum atomic E-state index is -0.0473. The Labute approximate surface area is 86.7 Å². The summed E-state index contributed by atoms with van der Waals surface area (Å²) in [6.45, 7) is 2.81. The van der Waals surface area contributed by atoms with Crippen LogP contribution in [-0.2, 0) is 4.79 Å². The van der Waals surface area contributed by atoms with Crippen molar-refractivity contribution in [2.24, 2.45) is 0 Å². The van der Waals surface area contributed by atoms with Gasteiger partial charge < -0.3 is 5.32 Å². The minimum absolute atomic E-state index is 0.0473. The van der Waals surface area contributed by atoms with E-state index in [4.69, 9.17) is 0 Å². The average Bonchev–Trinajstić information content (AvgIpc) is 2.77. The molecular formula is C9H13N3OS. The van der Waals surface area contributed by atoms with Gasteiger partial charge in [-0.2, -0.15) is 0 Å². The molecule has 1 saturated heterocycles. The van der Waals surface area contributed by atoms with Crippen LogP contribution in [0.5, 0.6) is 0 Å². The summed E-state index contributed by atoms with van der Waals surface area (Å²) in [6, 6.07) is 0.109. The molecule has 5 heteroatoms. The molecule has 2 rings (SSSR count). The third kappa shape index (κ3) is 1.93. The van der Waals surface area contributed by atoms with Crippen LogP contribution in [0, 0.1) is 0 Å². The molecule has 2 unspecified atom stereocenters. The number of hydrogen-bond donors (Lipinski definition) is 2. The summed E-state index contributed by atoms with van der Waals surface area (Å²) in [5.41, 5.74) is 0. The van der Waals surface area contributed by atoms with Gasteiger partial charge in [0.1, 0.15) is 5.01 Å². The van der Waals surface area contributed by atoms with E-state index in [0.717, 1.165) is 18.0 Å². The van der Waals surface area contributed by atoms with Gasteiger partial charge in [-0.3, -0.25) is 10.1 Å². The fourth-order valence-corrected chi connectivity index (χ4v) is 2.23. The maximum Gasteiger partial charge on any atom is 0.237 e. The third-order valence-electron chi connectivity index (χ3n) is 2.32. The molecule has 1 aliphatic heterocycles. The summed E-state index contributed by atoms with van der Waals surface area (Å²) in [4.78, 5) is 15.5. The number of thiazole rings is 1. The van der Waals surface area contributed by atoms with Gasteiger partial charge >= 0.3 is 0 Å². The van der Waals surface area contributed by atoms with Gasteiger partial charge in [-0.15, -0.1) is 11.3 Å². The van der Waals surface area contributed by atoms with Crippen molar-refractivity contribution in [3.05, 3.63) is 16.6 Å². The van der Waals surface area contributed by atoms with Crippen molar-refractivity contribution in [2.45, 2.75) is 25.4 Å². The predicted octanol–water partition coefficient (Wildman–Crippen LogP) is 0.682. The topological polar surface area (TPSA) is 54.0 Å². The number of aromatic nitrogens is 1. The Balaban J connectivity index is 1.94. The lowest BCUT2D eigenvalue weighted by Crippen LogP contribution is -2.37. The molecule has 2 heterocycles. The Morgan fingerprint density at radius 3 is 3.21 bits per heavy atom. The zero-order chi connectivity index (χ0) is 9.97. The zero-order valence-electron chi connectivity index (χ0n) is 7.99. The molecule has 0 aliphatic carbocycles. The monoisotopic (exact) mass is 211 g/mol. The summed E-state index contributed by atoms with van der Waals surface area (Å²) < 4.78 is 0. The second-order valence-corrected chi connectivity index (χ2v) is 4.32. The lowest BCUT2D eigenvalue weighted by Gasteiger charge is -2.14. The van der Waals surface area contributed by atoms with E-state index < -0.39 is 0 Å². The molecule has 1 aliphatic rings. The summed E-state index contributed by atoms with van der Waals surface area (Å²) in [5.74, 6) is 0.105. The summed E-state index contributed by atoms with van der Waals surface area (Å²) in [5, 5.41) is 9.05. The quantitative estimate of drug-likeness (QED) is 0.773. The first-order valence-electron chi connectivity index (χ1n) is 4.70. The highest BCUT2D eigenvalue weighted by molar-refractivity contribution is 7.09. The lowest BCUT2D eigenvalue weighted by atomic mass is 10.2. The van der Waals surface area contributed by atoms with Crippen molar-refractivity contribution in [3.8, 4) is 0 Å². The van der Waals surface area contributed by atoms with Gasteiger partial charge in [-0.1, -0.05) is 0 Å². The first-order valence-corrected chi connectivity index (χ1v) is 5.58. The van der Waals surface area contributed by atoms with Crippen LogP contribution in [0.4, 0.5) is 0 Å². The minimum Gasteiger partial charge on any atom is -0.355 e. The molecule has 1 fully saturated rings. The first-order chi connectivity index (χ1) is 6.77. The Morgan fingerprint density at radius 1 is 1.79 bits per heavy atom. The molecule has 0 aromatic carbocycles. The van der Waals surface area contributed by atoms with Crippen LogP contribution in [0.2, 0.25) is 0 Å². The molecule has 14 heavy (non-hydrogen) atoms. The van der Waals surface area contributed by atoms with Crippen LogP contribution >= 0.6 is 11.3 Å². The standard InChI is InChI=1S/C9H13N3OS/c1-6(9-11-4-5-14-9)12-7-2-3-10-8(7)13/h4-7,12H,2-3H2,1H3,(H,10,13). The Hall–Kier alpha value is -0.940. The number of nitrogens with zero attached hydrogens (tertiary/aromatic N) is 1. The number of nitrogens with one attached hydrogen (secondary N) is 2. The van der Waals surface area contributed by atoms with E-state index in [1.54, 1.807) is 17.5 Å². The molecule has 1 aromatic rings. The van der Waals surface area contributed by atoms with Gasteiger partial charge in [-0.25, -0.2) is 4.98 Å². The third-order valence-corrected chi connectivity index (χ3v) is 3.28.